The number of furan rings is 1. The third-order valence-electron chi connectivity index (χ3n) is 7.58. The minimum absolute atomic E-state index is 0.00835. The zero-order chi connectivity index (χ0) is 35.2. The fraction of sp³-hybridized carbons (Fsp3) is 0.400. The van der Waals surface area contributed by atoms with Gasteiger partial charge in [0.2, 0.25) is 0 Å². The lowest BCUT2D eigenvalue weighted by atomic mass is 10.1. The third-order valence-corrected chi connectivity index (χ3v) is 10.1. The SMILES string of the molecule is NC(=O)c1ccc[n+]([C@@H]2O[C@H](COP(=O)([O-])OP(=O)(O)OC[C@H]3O[C@@H](n4c(-c5ccco5)nc5c(N)ncnc54)[C@H](O)[C@@H]3O)[C@@H](O)[C@H]2O)c1. The first-order chi connectivity index (χ1) is 23.2. The molecular formula is C25H29N7O15P2. The summed E-state index contributed by atoms with van der Waals surface area (Å²) in [5.41, 5.74) is 11.4. The Hall–Kier alpha value is -3.73. The molecule has 0 bridgehead atoms. The maximum atomic E-state index is 12.6. The molecule has 0 aliphatic carbocycles. The van der Waals surface area contributed by atoms with Crippen molar-refractivity contribution in [3.63, 3.8) is 0 Å². The quantitative estimate of drug-likeness (QED) is 0.0591. The number of anilines is 1. The number of aromatic nitrogens is 5. The van der Waals surface area contributed by atoms with Crippen molar-refractivity contribution in [3.8, 4) is 11.6 Å². The number of hydrogen-bond donors (Lipinski definition) is 7. The van der Waals surface area contributed by atoms with Gasteiger partial charge in [-0.2, -0.15) is 4.57 Å². The van der Waals surface area contributed by atoms with Gasteiger partial charge in [-0.15, -0.1) is 0 Å². The highest BCUT2D eigenvalue weighted by Gasteiger charge is 2.50. The monoisotopic (exact) mass is 729 g/mol. The zero-order valence-corrected chi connectivity index (χ0v) is 26.5. The molecule has 2 aliphatic rings. The normalized spacial score (nSPS) is 29.6. The predicted octanol–water partition coefficient (Wildman–Crippen LogP) is -2.39. The van der Waals surface area contributed by atoms with Gasteiger partial charge in [0, 0.05) is 6.07 Å². The Morgan fingerprint density at radius 3 is 2.45 bits per heavy atom. The maximum absolute atomic E-state index is 12.6. The van der Waals surface area contributed by atoms with Gasteiger partial charge in [-0.05, 0) is 18.2 Å². The van der Waals surface area contributed by atoms with E-state index in [4.69, 9.17) is 29.9 Å². The number of nitrogens with zero attached hydrogens (tertiary/aromatic N) is 5. The van der Waals surface area contributed by atoms with Crippen LogP contribution in [-0.4, -0.2) is 101 Å². The molecule has 0 radical (unpaired) electrons. The number of aliphatic hydroxyl groups excluding tert-OH is 4. The minimum atomic E-state index is -5.66. The van der Waals surface area contributed by atoms with Crippen LogP contribution in [0.15, 0.2) is 53.7 Å². The fourth-order valence-corrected chi connectivity index (χ4v) is 7.30. The van der Waals surface area contributed by atoms with Crippen LogP contribution >= 0.6 is 15.6 Å². The molecule has 2 fully saturated rings. The first kappa shape index (κ1) is 35.1. The molecule has 4 aromatic heterocycles. The second-order valence-electron chi connectivity index (χ2n) is 10.8. The Kier molecular flexibility index (Phi) is 9.69. The molecule has 49 heavy (non-hydrogen) atoms. The van der Waals surface area contributed by atoms with Crippen molar-refractivity contribution in [2.75, 3.05) is 18.9 Å². The number of rotatable bonds is 12. The average molecular weight is 729 g/mol. The largest absolute Gasteiger partial charge is 0.756 e. The Balaban J connectivity index is 1.08. The van der Waals surface area contributed by atoms with E-state index in [2.05, 4.69) is 23.8 Å². The number of carbonyl (C=O) groups is 1. The number of carbonyl (C=O) groups excluding carboxylic acids is 1. The molecule has 0 saturated carbocycles. The van der Waals surface area contributed by atoms with E-state index in [-0.39, 0.29) is 34.1 Å². The Bertz CT molecular complexity index is 1930. The first-order valence-electron chi connectivity index (χ1n) is 14.2. The van der Waals surface area contributed by atoms with Crippen LogP contribution in [0.2, 0.25) is 0 Å². The van der Waals surface area contributed by atoms with Crippen molar-refractivity contribution in [2.45, 2.75) is 49.1 Å². The highest BCUT2D eigenvalue weighted by atomic mass is 31.3. The first-order valence-corrected chi connectivity index (χ1v) is 17.1. The third kappa shape index (κ3) is 7.14. The van der Waals surface area contributed by atoms with E-state index in [1.165, 1.54) is 39.9 Å². The second-order valence-corrected chi connectivity index (χ2v) is 13.8. The molecule has 24 heteroatoms. The Labute approximate surface area is 274 Å². The van der Waals surface area contributed by atoms with Crippen molar-refractivity contribution in [2.24, 2.45) is 5.73 Å². The number of primary amides is 1. The predicted molar refractivity (Wildman–Crippen MR) is 155 cm³/mol. The van der Waals surface area contributed by atoms with Gasteiger partial charge in [0.15, 0.2) is 53.3 Å². The van der Waals surface area contributed by atoms with Crippen LogP contribution < -0.4 is 20.9 Å². The van der Waals surface area contributed by atoms with Crippen LogP contribution in [0.4, 0.5) is 5.82 Å². The van der Waals surface area contributed by atoms with Gasteiger partial charge in [-0.1, -0.05) is 0 Å². The topological polar surface area (TPSA) is 334 Å². The number of amides is 1. The van der Waals surface area contributed by atoms with Crippen LogP contribution in [0, 0.1) is 0 Å². The van der Waals surface area contributed by atoms with Crippen molar-refractivity contribution < 1.29 is 76.0 Å². The molecule has 0 spiro atoms. The molecule has 264 valence electrons. The summed E-state index contributed by atoms with van der Waals surface area (Å²) in [7, 11) is -11.2. The van der Waals surface area contributed by atoms with E-state index in [0.717, 1.165) is 6.33 Å². The molecule has 6 rings (SSSR count). The van der Waals surface area contributed by atoms with Crippen LogP contribution in [0.1, 0.15) is 22.8 Å². The number of pyridine rings is 1. The highest BCUT2D eigenvalue weighted by molar-refractivity contribution is 7.60. The summed E-state index contributed by atoms with van der Waals surface area (Å²) >= 11 is 0. The molecule has 2 aliphatic heterocycles. The summed E-state index contributed by atoms with van der Waals surface area (Å²) in [6.45, 7) is -1.95. The number of hydrogen-bond acceptors (Lipinski definition) is 18. The lowest BCUT2D eigenvalue weighted by Crippen LogP contribution is -2.46. The number of phosphoric ester groups is 2. The van der Waals surface area contributed by atoms with Crippen molar-refractivity contribution >= 4 is 38.5 Å². The molecular weight excluding hydrogens is 700 g/mol. The van der Waals surface area contributed by atoms with E-state index >= 15 is 0 Å². The molecule has 22 nitrogen and oxygen atoms in total. The number of nitrogens with two attached hydrogens (primary N) is 2. The Morgan fingerprint density at radius 1 is 1.02 bits per heavy atom. The van der Waals surface area contributed by atoms with E-state index in [1.54, 1.807) is 12.1 Å². The summed E-state index contributed by atoms with van der Waals surface area (Å²) in [6.07, 6.45) is -7.37. The standard InChI is InChI=1S/C25H29N7O15P2/c26-20-15-23(29-10-28-20)32(22(30-15)12-4-2-6-42-12)25-19(36)17(34)14(46-25)9-44-49(40,41)47-48(38,39)43-8-13-16(33)18(35)24(45-13)31-5-1-3-11(7-31)21(27)37/h1-7,10,13-14,16-19,24-25,33-36H,8-9H2,(H5-,26,27,28,29,37,38,39,40,41)/t13-,14-,16-,17-,18-,19-,24-,25-/m1/s1. The molecule has 0 aromatic carbocycles. The number of fused-ring (bicyclic) bond motifs is 1. The molecule has 4 aromatic rings. The van der Waals surface area contributed by atoms with Crippen molar-refractivity contribution in [3.05, 3.63) is 54.8 Å². The fourth-order valence-electron chi connectivity index (χ4n) is 5.24. The van der Waals surface area contributed by atoms with Crippen LogP contribution in [0.3, 0.4) is 0 Å². The molecule has 2 unspecified atom stereocenters. The lowest BCUT2D eigenvalue weighted by molar-refractivity contribution is -0.765. The maximum Gasteiger partial charge on any atom is 0.478 e. The van der Waals surface area contributed by atoms with Crippen molar-refractivity contribution in [1.82, 2.24) is 19.5 Å². The number of ether oxygens (including phenoxy) is 2. The van der Waals surface area contributed by atoms with Crippen LogP contribution in [0.5, 0.6) is 0 Å². The summed E-state index contributed by atoms with van der Waals surface area (Å²) < 4.78 is 57.7. The van der Waals surface area contributed by atoms with Gasteiger partial charge in [0.1, 0.15) is 42.4 Å². The van der Waals surface area contributed by atoms with E-state index in [1.807, 2.05) is 0 Å². The van der Waals surface area contributed by atoms with Gasteiger partial charge in [0.05, 0.1) is 19.5 Å². The van der Waals surface area contributed by atoms with Crippen LogP contribution in [-0.2, 0) is 32.0 Å². The number of imidazole rings is 1. The summed E-state index contributed by atoms with van der Waals surface area (Å²) in [5, 5.41) is 42.4. The highest BCUT2D eigenvalue weighted by Crippen LogP contribution is 2.58. The smallest absolute Gasteiger partial charge is 0.478 e. The zero-order valence-electron chi connectivity index (χ0n) is 24.8. The van der Waals surface area contributed by atoms with Crippen LogP contribution in [0.25, 0.3) is 22.7 Å². The van der Waals surface area contributed by atoms with E-state index in [0.29, 0.717) is 0 Å². The van der Waals surface area contributed by atoms with Gasteiger partial charge >= 0.3 is 7.82 Å². The van der Waals surface area contributed by atoms with Gasteiger partial charge in [0.25, 0.3) is 20.0 Å². The number of aliphatic hydroxyl groups is 4. The van der Waals surface area contributed by atoms with Gasteiger partial charge in [-0.25, -0.2) is 23.8 Å². The van der Waals surface area contributed by atoms with Gasteiger partial charge in [-0.3, -0.25) is 18.5 Å². The molecule has 2 saturated heterocycles. The molecule has 10 atom stereocenters. The van der Waals surface area contributed by atoms with Gasteiger partial charge < -0.3 is 60.1 Å². The summed E-state index contributed by atoms with van der Waals surface area (Å²) in [6, 6.07) is 5.93. The van der Waals surface area contributed by atoms with E-state index in [9.17, 15) is 44.1 Å². The summed E-state index contributed by atoms with van der Waals surface area (Å²) in [5.74, 6) is -0.498. The number of nitrogen functional groups attached to an aromatic ring is 1. The minimum Gasteiger partial charge on any atom is -0.756 e. The van der Waals surface area contributed by atoms with E-state index < -0.39 is 83.8 Å². The second kappa shape index (κ2) is 13.5. The summed E-state index contributed by atoms with van der Waals surface area (Å²) in [4.78, 5) is 46.4. The molecule has 1 amide bonds. The lowest BCUT2D eigenvalue weighted by Gasteiger charge is -2.26. The van der Waals surface area contributed by atoms with Crippen molar-refractivity contribution in [1.29, 1.82) is 0 Å². The molecule has 9 N–H and O–H groups in total. The Morgan fingerprint density at radius 2 is 1.73 bits per heavy atom. The number of phosphoric acid groups is 2. The average Bonchev–Trinajstić information content (AvgIpc) is 3.83. The molecule has 6 heterocycles.